The number of benzene rings is 1. The van der Waals surface area contributed by atoms with Gasteiger partial charge in [-0.3, -0.25) is 19.5 Å². The van der Waals surface area contributed by atoms with Gasteiger partial charge in [0, 0.05) is 19.8 Å². The Kier molecular flexibility index (Phi) is 5.74. The Bertz CT molecular complexity index is 1070. The molecule has 7 nitrogen and oxygen atoms in total. The van der Waals surface area contributed by atoms with Gasteiger partial charge in [-0.05, 0) is 49.7 Å². The minimum Gasteiger partial charge on any atom is -0.358 e. The molecule has 4 rings (SSSR count). The molecule has 2 aromatic heterocycles. The van der Waals surface area contributed by atoms with Crippen molar-refractivity contribution in [1.29, 1.82) is 0 Å². The molecule has 1 aromatic carbocycles. The van der Waals surface area contributed by atoms with Gasteiger partial charge in [0.1, 0.15) is 11.2 Å². The molecule has 3 heterocycles. The van der Waals surface area contributed by atoms with Crippen LogP contribution in [-0.2, 0) is 15.0 Å². The molecule has 1 fully saturated rings. The summed E-state index contributed by atoms with van der Waals surface area (Å²) >= 11 is 1.23. The number of amides is 2. The third-order valence-corrected chi connectivity index (χ3v) is 6.29. The number of anilines is 1. The number of rotatable bonds is 5. The smallest absolute Gasteiger partial charge is 0.240 e. The lowest BCUT2D eigenvalue weighted by atomic mass is 9.75. The standard InChI is InChI=1S/C21H22FN5O2S/c1-23-19(29)21(17-5-2-3-9-24-17)8-4-10-27(13-21)12-18(28)26-20-25-15-7-6-14(22)11-16(15)30-20/h2-3,5-7,9,11H,4,8,10,12-13H2,1H3,(H,23,29)(H,25,26,28)/t21-/m0/s1. The Morgan fingerprint density at radius 3 is 2.93 bits per heavy atom. The second kappa shape index (κ2) is 8.45. The zero-order chi connectivity index (χ0) is 21.1. The highest BCUT2D eigenvalue weighted by molar-refractivity contribution is 7.22. The summed E-state index contributed by atoms with van der Waals surface area (Å²) in [6.45, 7) is 1.25. The fourth-order valence-electron chi connectivity index (χ4n) is 3.99. The van der Waals surface area contributed by atoms with Crippen molar-refractivity contribution in [2.24, 2.45) is 0 Å². The fraction of sp³-hybridized carbons (Fsp3) is 0.333. The summed E-state index contributed by atoms with van der Waals surface area (Å²) in [7, 11) is 1.62. The van der Waals surface area contributed by atoms with Crippen LogP contribution in [0.3, 0.4) is 0 Å². The number of halogens is 1. The Morgan fingerprint density at radius 1 is 1.30 bits per heavy atom. The molecular formula is C21H22FN5O2S. The summed E-state index contributed by atoms with van der Waals surface area (Å²) in [6, 6.07) is 9.88. The summed E-state index contributed by atoms with van der Waals surface area (Å²) in [5, 5.41) is 5.99. The number of thiazole rings is 1. The van der Waals surface area contributed by atoms with E-state index in [1.54, 1.807) is 19.3 Å². The number of hydrogen-bond donors (Lipinski definition) is 2. The summed E-state index contributed by atoms with van der Waals surface area (Å²) in [5.41, 5.74) is 0.563. The average molecular weight is 428 g/mol. The molecule has 2 N–H and O–H groups in total. The highest BCUT2D eigenvalue weighted by Crippen LogP contribution is 2.33. The van der Waals surface area contributed by atoms with Crippen LogP contribution in [-0.4, -0.2) is 53.4 Å². The number of piperidine rings is 1. The molecule has 0 unspecified atom stereocenters. The average Bonchev–Trinajstić information content (AvgIpc) is 3.14. The van der Waals surface area contributed by atoms with E-state index < -0.39 is 5.41 Å². The minimum atomic E-state index is -0.790. The van der Waals surface area contributed by atoms with Gasteiger partial charge in [0.25, 0.3) is 0 Å². The maximum atomic E-state index is 13.4. The van der Waals surface area contributed by atoms with Crippen LogP contribution in [0.1, 0.15) is 18.5 Å². The second-order valence-corrected chi connectivity index (χ2v) is 8.40. The minimum absolute atomic E-state index is 0.0977. The Labute approximate surface area is 177 Å². The van der Waals surface area contributed by atoms with Gasteiger partial charge in [-0.1, -0.05) is 17.4 Å². The van der Waals surface area contributed by atoms with Crippen molar-refractivity contribution in [3.63, 3.8) is 0 Å². The molecule has 156 valence electrons. The van der Waals surface area contributed by atoms with E-state index in [0.29, 0.717) is 40.6 Å². The molecule has 30 heavy (non-hydrogen) atoms. The van der Waals surface area contributed by atoms with Gasteiger partial charge < -0.3 is 10.6 Å². The zero-order valence-electron chi connectivity index (χ0n) is 16.5. The number of hydrogen-bond acceptors (Lipinski definition) is 6. The molecule has 1 saturated heterocycles. The lowest BCUT2D eigenvalue weighted by Crippen LogP contribution is -2.55. The number of pyridine rings is 1. The quantitative estimate of drug-likeness (QED) is 0.654. The van der Waals surface area contributed by atoms with E-state index in [-0.39, 0.29) is 24.2 Å². The van der Waals surface area contributed by atoms with Crippen molar-refractivity contribution < 1.29 is 14.0 Å². The van der Waals surface area contributed by atoms with Crippen molar-refractivity contribution in [3.05, 3.63) is 54.1 Å². The molecule has 3 aromatic rings. The van der Waals surface area contributed by atoms with Crippen molar-refractivity contribution in [2.75, 3.05) is 32.0 Å². The second-order valence-electron chi connectivity index (χ2n) is 7.37. The predicted molar refractivity (Wildman–Crippen MR) is 114 cm³/mol. The molecule has 1 atom stereocenters. The number of carbonyl (C=O) groups excluding carboxylic acids is 2. The topological polar surface area (TPSA) is 87.2 Å². The predicted octanol–water partition coefficient (Wildman–Crippen LogP) is 2.55. The number of fused-ring (bicyclic) bond motifs is 1. The van der Waals surface area contributed by atoms with Gasteiger partial charge in [-0.25, -0.2) is 9.37 Å². The van der Waals surface area contributed by atoms with Crippen LogP contribution in [0.5, 0.6) is 0 Å². The first kappa shape index (κ1) is 20.4. The Morgan fingerprint density at radius 2 is 2.17 bits per heavy atom. The molecule has 0 spiro atoms. The van der Waals surface area contributed by atoms with E-state index in [1.165, 1.54) is 23.5 Å². The summed E-state index contributed by atoms with van der Waals surface area (Å²) in [4.78, 5) is 36.2. The van der Waals surface area contributed by atoms with E-state index >= 15 is 0 Å². The summed E-state index contributed by atoms with van der Waals surface area (Å²) in [6.07, 6.45) is 3.13. The van der Waals surface area contributed by atoms with Gasteiger partial charge in [-0.2, -0.15) is 0 Å². The van der Waals surface area contributed by atoms with Crippen LogP contribution in [0.15, 0.2) is 42.6 Å². The molecule has 1 aliphatic rings. The first-order valence-corrected chi connectivity index (χ1v) is 10.5. The Balaban J connectivity index is 1.48. The molecule has 0 saturated carbocycles. The van der Waals surface area contributed by atoms with E-state index in [0.717, 1.165) is 6.42 Å². The van der Waals surface area contributed by atoms with Gasteiger partial charge >= 0.3 is 0 Å². The lowest BCUT2D eigenvalue weighted by molar-refractivity contribution is -0.130. The first-order chi connectivity index (χ1) is 14.5. The van der Waals surface area contributed by atoms with E-state index in [9.17, 15) is 14.0 Å². The maximum Gasteiger partial charge on any atom is 0.240 e. The molecule has 0 aliphatic carbocycles. The van der Waals surface area contributed by atoms with Crippen LogP contribution in [0.4, 0.5) is 9.52 Å². The number of likely N-dealkylation sites (N-methyl/N-ethyl adjacent to an activating group) is 1. The first-order valence-electron chi connectivity index (χ1n) is 9.72. The highest BCUT2D eigenvalue weighted by atomic mass is 32.1. The number of carbonyl (C=O) groups is 2. The third-order valence-electron chi connectivity index (χ3n) is 5.35. The van der Waals surface area contributed by atoms with Crippen LogP contribution >= 0.6 is 11.3 Å². The number of aromatic nitrogens is 2. The van der Waals surface area contributed by atoms with Crippen molar-refractivity contribution >= 4 is 38.5 Å². The molecule has 1 aliphatic heterocycles. The van der Waals surface area contributed by atoms with Gasteiger partial charge in [-0.15, -0.1) is 0 Å². The van der Waals surface area contributed by atoms with Crippen molar-refractivity contribution in [1.82, 2.24) is 20.2 Å². The van der Waals surface area contributed by atoms with E-state index in [4.69, 9.17) is 0 Å². The monoisotopic (exact) mass is 427 g/mol. The van der Waals surface area contributed by atoms with E-state index in [1.807, 2.05) is 23.1 Å². The number of nitrogens with zero attached hydrogens (tertiary/aromatic N) is 3. The van der Waals surface area contributed by atoms with Crippen LogP contribution in [0.25, 0.3) is 10.2 Å². The number of nitrogens with one attached hydrogen (secondary N) is 2. The van der Waals surface area contributed by atoms with Crippen LogP contribution in [0, 0.1) is 5.82 Å². The van der Waals surface area contributed by atoms with Gasteiger partial charge in [0.15, 0.2) is 5.13 Å². The molecular weight excluding hydrogens is 405 g/mol. The normalized spacial score (nSPS) is 19.5. The third kappa shape index (κ3) is 4.03. The summed E-state index contributed by atoms with van der Waals surface area (Å²) in [5.74, 6) is -0.653. The molecule has 9 heteroatoms. The SMILES string of the molecule is CNC(=O)[C@@]1(c2ccccn2)CCCN(CC(=O)Nc2nc3ccc(F)cc3s2)C1. The fourth-order valence-corrected chi connectivity index (χ4v) is 4.90. The van der Waals surface area contributed by atoms with Crippen LogP contribution in [0.2, 0.25) is 0 Å². The summed E-state index contributed by atoms with van der Waals surface area (Å²) < 4.78 is 14.0. The lowest BCUT2D eigenvalue weighted by Gasteiger charge is -2.40. The zero-order valence-corrected chi connectivity index (χ0v) is 17.3. The van der Waals surface area contributed by atoms with Crippen molar-refractivity contribution in [2.45, 2.75) is 18.3 Å². The number of likely N-dealkylation sites (tertiary alicyclic amines) is 1. The molecule has 0 radical (unpaired) electrons. The molecule has 0 bridgehead atoms. The molecule has 2 amide bonds. The van der Waals surface area contributed by atoms with Gasteiger partial charge in [0.2, 0.25) is 11.8 Å². The van der Waals surface area contributed by atoms with Crippen LogP contribution < -0.4 is 10.6 Å². The highest BCUT2D eigenvalue weighted by Gasteiger charge is 2.44. The van der Waals surface area contributed by atoms with Crippen molar-refractivity contribution in [3.8, 4) is 0 Å². The Hall–Kier alpha value is -2.91. The maximum absolute atomic E-state index is 13.4. The van der Waals surface area contributed by atoms with E-state index in [2.05, 4.69) is 20.6 Å². The van der Waals surface area contributed by atoms with Gasteiger partial charge in [0.05, 0.1) is 22.5 Å². The largest absolute Gasteiger partial charge is 0.358 e.